The first-order chi connectivity index (χ1) is 8.06. The van der Waals surface area contributed by atoms with Gasteiger partial charge in [-0.1, -0.05) is 11.3 Å². The van der Waals surface area contributed by atoms with Crippen molar-refractivity contribution >= 4 is 22.4 Å². The molecule has 7 heteroatoms. The zero-order chi connectivity index (χ0) is 12.4. The van der Waals surface area contributed by atoms with Gasteiger partial charge < -0.3 is 10.4 Å². The van der Waals surface area contributed by atoms with Gasteiger partial charge in [-0.3, -0.25) is 4.68 Å². The summed E-state index contributed by atoms with van der Waals surface area (Å²) in [4.78, 5) is 15.3. The van der Waals surface area contributed by atoms with E-state index in [1.54, 1.807) is 11.6 Å². The van der Waals surface area contributed by atoms with Gasteiger partial charge in [0.2, 0.25) is 0 Å². The van der Waals surface area contributed by atoms with Crippen LogP contribution in [-0.2, 0) is 13.6 Å². The highest BCUT2D eigenvalue weighted by Gasteiger charge is 2.13. The van der Waals surface area contributed by atoms with Gasteiger partial charge in [0, 0.05) is 13.2 Å². The van der Waals surface area contributed by atoms with Crippen molar-refractivity contribution in [2.75, 3.05) is 5.32 Å². The predicted octanol–water partition coefficient (Wildman–Crippen LogP) is 1.50. The summed E-state index contributed by atoms with van der Waals surface area (Å²) in [5, 5.41) is 16.8. The quantitative estimate of drug-likeness (QED) is 0.861. The fourth-order valence-corrected chi connectivity index (χ4v) is 2.20. The molecule has 0 aliphatic carbocycles. The summed E-state index contributed by atoms with van der Waals surface area (Å²) in [6.45, 7) is 2.22. The van der Waals surface area contributed by atoms with Gasteiger partial charge in [-0.25, -0.2) is 9.78 Å². The molecule has 0 saturated heterocycles. The molecule has 0 spiro atoms. The SMILES string of the molecule is Cc1nc(NCc2ccn(C)n2)sc1C(=O)O. The van der Waals surface area contributed by atoms with Crippen molar-refractivity contribution < 1.29 is 9.90 Å². The van der Waals surface area contributed by atoms with Crippen LogP contribution in [0.4, 0.5) is 5.13 Å². The second-order valence-electron chi connectivity index (χ2n) is 3.57. The number of anilines is 1. The van der Waals surface area contributed by atoms with Crippen molar-refractivity contribution in [3.05, 3.63) is 28.5 Å². The van der Waals surface area contributed by atoms with E-state index in [2.05, 4.69) is 15.4 Å². The van der Waals surface area contributed by atoms with Crippen LogP contribution in [0.1, 0.15) is 21.1 Å². The van der Waals surface area contributed by atoms with Crippen molar-refractivity contribution in [3.63, 3.8) is 0 Å². The molecule has 0 amide bonds. The van der Waals surface area contributed by atoms with Crippen molar-refractivity contribution in [2.45, 2.75) is 13.5 Å². The Morgan fingerprint density at radius 1 is 1.65 bits per heavy atom. The zero-order valence-electron chi connectivity index (χ0n) is 9.47. The van der Waals surface area contributed by atoms with E-state index >= 15 is 0 Å². The molecule has 0 saturated carbocycles. The maximum Gasteiger partial charge on any atom is 0.347 e. The lowest BCUT2D eigenvalue weighted by Crippen LogP contribution is -2.00. The number of hydrogen-bond donors (Lipinski definition) is 2. The number of nitrogens with zero attached hydrogens (tertiary/aromatic N) is 3. The molecule has 0 bridgehead atoms. The Morgan fingerprint density at radius 3 is 2.94 bits per heavy atom. The third-order valence-corrected chi connectivity index (χ3v) is 3.28. The molecule has 0 radical (unpaired) electrons. The lowest BCUT2D eigenvalue weighted by molar-refractivity contribution is 0.0701. The van der Waals surface area contributed by atoms with E-state index in [1.165, 1.54) is 0 Å². The van der Waals surface area contributed by atoms with Crippen LogP contribution in [0, 0.1) is 6.92 Å². The molecule has 0 unspecified atom stereocenters. The van der Waals surface area contributed by atoms with Crippen molar-refractivity contribution in [1.29, 1.82) is 0 Å². The molecule has 2 heterocycles. The van der Waals surface area contributed by atoms with E-state index in [-0.39, 0.29) is 4.88 Å². The number of carboxylic acids is 1. The Labute approximate surface area is 102 Å². The maximum absolute atomic E-state index is 10.8. The number of nitrogens with one attached hydrogen (secondary N) is 1. The Kier molecular flexibility index (Phi) is 3.10. The predicted molar refractivity (Wildman–Crippen MR) is 64.3 cm³/mol. The first kappa shape index (κ1) is 11.6. The third-order valence-electron chi connectivity index (χ3n) is 2.18. The van der Waals surface area contributed by atoms with Gasteiger partial charge >= 0.3 is 5.97 Å². The average Bonchev–Trinajstić information content (AvgIpc) is 2.82. The van der Waals surface area contributed by atoms with E-state index in [9.17, 15) is 4.79 Å². The summed E-state index contributed by atoms with van der Waals surface area (Å²) in [7, 11) is 1.85. The van der Waals surface area contributed by atoms with E-state index in [0.29, 0.717) is 17.4 Å². The van der Waals surface area contributed by atoms with Crippen LogP contribution < -0.4 is 5.32 Å². The minimum absolute atomic E-state index is 0.272. The lowest BCUT2D eigenvalue weighted by atomic mass is 10.4. The van der Waals surface area contributed by atoms with Crippen molar-refractivity contribution in [1.82, 2.24) is 14.8 Å². The summed E-state index contributed by atoms with van der Waals surface area (Å²) >= 11 is 1.14. The Bertz CT molecular complexity index is 546. The summed E-state index contributed by atoms with van der Waals surface area (Å²) in [6.07, 6.45) is 1.85. The molecule has 6 nitrogen and oxygen atoms in total. The van der Waals surface area contributed by atoms with Crippen LogP contribution in [-0.4, -0.2) is 25.8 Å². The molecule has 2 aromatic rings. The third kappa shape index (κ3) is 2.62. The fourth-order valence-electron chi connectivity index (χ4n) is 1.39. The highest BCUT2D eigenvalue weighted by atomic mass is 32.1. The number of aromatic nitrogens is 3. The van der Waals surface area contributed by atoms with Crippen LogP contribution in [0.5, 0.6) is 0 Å². The van der Waals surface area contributed by atoms with E-state index in [0.717, 1.165) is 17.0 Å². The smallest absolute Gasteiger partial charge is 0.347 e. The molecule has 2 aromatic heterocycles. The summed E-state index contributed by atoms with van der Waals surface area (Å²) in [5.41, 5.74) is 1.42. The summed E-state index contributed by atoms with van der Waals surface area (Å²) in [5.74, 6) is -0.939. The lowest BCUT2D eigenvalue weighted by Gasteiger charge is -1.97. The molecule has 2 N–H and O–H groups in total. The van der Waals surface area contributed by atoms with Gasteiger partial charge in [-0.05, 0) is 13.0 Å². The summed E-state index contributed by atoms with van der Waals surface area (Å²) < 4.78 is 1.72. The molecule has 0 aliphatic heterocycles. The number of hydrogen-bond acceptors (Lipinski definition) is 5. The average molecular weight is 252 g/mol. The van der Waals surface area contributed by atoms with E-state index in [1.807, 2.05) is 19.3 Å². The van der Waals surface area contributed by atoms with Crippen LogP contribution in [0.25, 0.3) is 0 Å². The molecule has 0 aromatic carbocycles. The minimum atomic E-state index is -0.939. The first-order valence-corrected chi connectivity index (χ1v) is 5.81. The van der Waals surface area contributed by atoms with Gasteiger partial charge in [0.1, 0.15) is 4.88 Å². The van der Waals surface area contributed by atoms with Gasteiger partial charge in [0.25, 0.3) is 0 Å². The van der Waals surface area contributed by atoms with Gasteiger partial charge in [-0.2, -0.15) is 5.10 Å². The van der Waals surface area contributed by atoms with Gasteiger partial charge in [0.05, 0.1) is 17.9 Å². The fraction of sp³-hybridized carbons (Fsp3) is 0.300. The number of carboxylic acid groups (broad SMARTS) is 1. The number of thiazole rings is 1. The summed E-state index contributed by atoms with van der Waals surface area (Å²) in [6, 6.07) is 1.89. The standard InChI is InChI=1S/C10H12N4O2S/c1-6-8(9(15)16)17-10(12-6)11-5-7-3-4-14(2)13-7/h3-4H,5H2,1-2H3,(H,11,12)(H,15,16). The molecule has 0 aliphatic rings. The minimum Gasteiger partial charge on any atom is -0.477 e. The maximum atomic E-state index is 10.8. The Balaban J connectivity index is 2.04. The Hall–Kier alpha value is -1.89. The highest BCUT2D eigenvalue weighted by molar-refractivity contribution is 7.17. The largest absolute Gasteiger partial charge is 0.477 e. The number of aryl methyl sites for hydroxylation is 2. The molecule has 0 atom stereocenters. The second kappa shape index (κ2) is 4.54. The van der Waals surface area contributed by atoms with Gasteiger partial charge in [0.15, 0.2) is 5.13 Å². The van der Waals surface area contributed by atoms with Gasteiger partial charge in [-0.15, -0.1) is 0 Å². The van der Waals surface area contributed by atoms with Crippen molar-refractivity contribution in [3.8, 4) is 0 Å². The van der Waals surface area contributed by atoms with Crippen LogP contribution in [0.2, 0.25) is 0 Å². The van der Waals surface area contributed by atoms with E-state index in [4.69, 9.17) is 5.11 Å². The Morgan fingerprint density at radius 2 is 2.41 bits per heavy atom. The second-order valence-corrected chi connectivity index (χ2v) is 4.57. The highest BCUT2D eigenvalue weighted by Crippen LogP contribution is 2.22. The van der Waals surface area contributed by atoms with Crippen LogP contribution in [0.15, 0.2) is 12.3 Å². The normalized spacial score (nSPS) is 10.5. The molecular weight excluding hydrogens is 240 g/mol. The van der Waals surface area contributed by atoms with Crippen LogP contribution >= 0.6 is 11.3 Å². The number of rotatable bonds is 4. The number of carbonyl (C=O) groups is 1. The molecule has 90 valence electrons. The monoisotopic (exact) mass is 252 g/mol. The molecule has 17 heavy (non-hydrogen) atoms. The molecule has 0 fully saturated rings. The molecular formula is C10H12N4O2S. The topological polar surface area (TPSA) is 80.0 Å². The molecule has 2 rings (SSSR count). The number of aromatic carboxylic acids is 1. The first-order valence-electron chi connectivity index (χ1n) is 4.99. The zero-order valence-corrected chi connectivity index (χ0v) is 10.3. The van der Waals surface area contributed by atoms with Crippen molar-refractivity contribution in [2.24, 2.45) is 7.05 Å². The van der Waals surface area contributed by atoms with E-state index < -0.39 is 5.97 Å². The van der Waals surface area contributed by atoms with Crippen LogP contribution in [0.3, 0.4) is 0 Å².